The number of rotatable bonds is 2. The van der Waals surface area contributed by atoms with E-state index < -0.39 is 0 Å². The zero-order chi connectivity index (χ0) is 11.7. The predicted octanol–water partition coefficient (Wildman–Crippen LogP) is 4.50. The van der Waals surface area contributed by atoms with E-state index in [0.29, 0.717) is 11.3 Å². The number of alkyl halides is 1. The Bertz CT molecular complexity index is 349. The third-order valence-corrected chi connectivity index (χ3v) is 4.52. The van der Waals surface area contributed by atoms with Crippen LogP contribution in [0.15, 0.2) is 18.2 Å². The molecule has 0 N–H and O–H groups in total. The number of aryl methyl sites for hydroxylation is 2. The Labute approximate surface area is 104 Å². The molecular formula is C15H21Cl. The van der Waals surface area contributed by atoms with Crippen LogP contribution >= 0.6 is 11.6 Å². The van der Waals surface area contributed by atoms with E-state index in [1.54, 1.807) is 0 Å². The normalized spacial score (nSPS) is 29.6. The summed E-state index contributed by atoms with van der Waals surface area (Å²) in [6.07, 6.45) is 3.69. The molecule has 0 aromatic heterocycles. The van der Waals surface area contributed by atoms with E-state index >= 15 is 0 Å². The molecule has 0 amide bonds. The van der Waals surface area contributed by atoms with Crippen molar-refractivity contribution in [2.75, 3.05) is 0 Å². The van der Waals surface area contributed by atoms with Crippen molar-refractivity contribution in [3.05, 3.63) is 34.9 Å². The minimum absolute atomic E-state index is 0.399. The topological polar surface area (TPSA) is 0 Å². The molecule has 1 aromatic rings. The quantitative estimate of drug-likeness (QED) is 0.664. The lowest BCUT2D eigenvalue weighted by Gasteiger charge is -2.17. The van der Waals surface area contributed by atoms with Crippen LogP contribution in [0.5, 0.6) is 0 Å². The second-order valence-corrected chi connectivity index (χ2v) is 5.97. The Morgan fingerprint density at radius 1 is 1.12 bits per heavy atom. The summed E-state index contributed by atoms with van der Waals surface area (Å²) in [6.45, 7) is 6.66. The summed E-state index contributed by atoms with van der Waals surface area (Å²) in [5.41, 5.74) is 4.24. The van der Waals surface area contributed by atoms with E-state index in [0.717, 1.165) is 5.92 Å². The van der Waals surface area contributed by atoms with Crippen LogP contribution in [0.25, 0.3) is 0 Å². The highest BCUT2D eigenvalue weighted by molar-refractivity contribution is 6.20. The Kier molecular flexibility index (Phi) is 3.59. The molecule has 0 radical (unpaired) electrons. The summed E-state index contributed by atoms with van der Waals surface area (Å²) >= 11 is 6.29. The van der Waals surface area contributed by atoms with Gasteiger partial charge in [0.15, 0.2) is 0 Å². The van der Waals surface area contributed by atoms with Gasteiger partial charge >= 0.3 is 0 Å². The van der Waals surface area contributed by atoms with E-state index in [9.17, 15) is 0 Å². The van der Waals surface area contributed by atoms with Gasteiger partial charge < -0.3 is 0 Å². The van der Waals surface area contributed by atoms with E-state index in [2.05, 4.69) is 39.0 Å². The molecule has 0 saturated heterocycles. The smallest absolute Gasteiger partial charge is 0.0364 e. The van der Waals surface area contributed by atoms with E-state index in [1.165, 1.54) is 36.0 Å². The Hall–Kier alpha value is -0.490. The van der Waals surface area contributed by atoms with Crippen molar-refractivity contribution in [1.29, 1.82) is 0 Å². The average Bonchev–Trinajstić information content (AvgIpc) is 2.48. The highest BCUT2D eigenvalue weighted by Gasteiger charge is 2.31. The van der Waals surface area contributed by atoms with Gasteiger partial charge in [-0.3, -0.25) is 0 Å². The minimum Gasteiger partial charge on any atom is -0.123 e. The Morgan fingerprint density at radius 2 is 1.75 bits per heavy atom. The summed E-state index contributed by atoms with van der Waals surface area (Å²) in [5.74, 6) is 1.45. The molecule has 0 aliphatic heterocycles. The number of halogens is 1. The van der Waals surface area contributed by atoms with Crippen LogP contribution < -0.4 is 0 Å². The molecule has 2 rings (SSSR count). The third kappa shape index (κ3) is 2.60. The second kappa shape index (κ2) is 4.79. The zero-order valence-corrected chi connectivity index (χ0v) is 11.2. The zero-order valence-electron chi connectivity index (χ0n) is 10.5. The Morgan fingerprint density at radius 3 is 2.25 bits per heavy atom. The largest absolute Gasteiger partial charge is 0.123 e. The van der Waals surface area contributed by atoms with Crippen molar-refractivity contribution >= 4 is 11.6 Å². The summed E-state index contributed by atoms with van der Waals surface area (Å²) in [7, 11) is 0. The lowest BCUT2D eigenvalue weighted by molar-refractivity contribution is 0.419. The molecule has 1 fully saturated rings. The van der Waals surface area contributed by atoms with Crippen LogP contribution in [0.2, 0.25) is 0 Å². The molecule has 0 nitrogen and oxygen atoms in total. The van der Waals surface area contributed by atoms with Gasteiger partial charge in [0.05, 0.1) is 0 Å². The van der Waals surface area contributed by atoms with Crippen LogP contribution in [0.1, 0.15) is 36.5 Å². The van der Waals surface area contributed by atoms with Gasteiger partial charge in [-0.15, -0.1) is 11.6 Å². The summed E-state index contributed by atoms with van der Waals surface area (Å²) in [6, 6.07) is 6.88. The van der Waals surface area contributed by atoms with Crippen molar-refractivity contribution in [2.45, 2.75) is 45.4 Å². The molecule has 1 aliphatic rings. The fraction of sp³-hybridized carbons (Fsp3) is 0.600. The van der Waals surface area contributed by atoms with Crippen molar-refractivity contribution in [3.63, 3.8) is 0 Å². The highest BCUT2D eigenvalue weighted by atomic mass is 35.5. The van der Waals surface area contributed by atoms with Gasteiger partial charge in [-0.25, -0.2) is 0 Å². The van der Waals surface area contributed by atoms with Crippen LogP contribution in [0.4, 0.5) is 0 Å². The molecule has 3 atom stereocenters. The molecule has 0 heterocycles. The van der Waals surface area contributed by atoms with Gasteiger partial charge in [0, 0.05) is 5.38 Å². The maximum absolute atomic E-state index is 6.29. The molecule has 88 valence electrons. The van der Waals surface area contributed by atoms with Gasteiger partial charge in [-0.1, -0.05) is 36.2 Å². The molecule has 0 bridgehead atoms. The molecule has 16 heavy (non-hydrogen) atoms. The molecule has 1 heteroatoms. The molecule has 1 aromatic carbocycles. The van der Waals surface area contributed by atoms with Crippen LogP contribution in [-0.4, -0.2) is 5.38 Å². The number of hydrogen-bond donors (Lipinski definition) is 0. The fourth-order valence-corrected chi connectivity index (χ4v) is 3.30. The first-order valence-corrected chi connectivity index (χ1v) is 6.71. The molecular weight excluding hydrogens is 216 g/mol. The first kappa shape index (κ1) is 12.0. The van der Waals surface area contributed by atoms with Crippen LogP contribution in [0, 0.1) is 25.7 Å². The van der Waals surface area contributed by atoms with Crippen molar-refractivity contribution in [2.24, 2.45) is 11.8 Å². The fourth-order valence-electron chi connectivity index (χ4n) is 2.97. The maximum atomic E-state index is 6.29. The first-order valence-electron chi connectivity index (χ1n) is 6.27. The van der Waals surface area contributed by atoms with Gasteiger partial charge in [0.1, 0.15) is 0 Å². The molecule has 1 aliphatic carbocycles. The van der Waals surface area contributed by atoms with Crippen molar-refractivity contribution in [1.82, 2.24) is 0 Å². The molecule has 0 spiro atoms. The summed E-state index contributed by atoms with van der Waals surface area (Å²) in [4.78, 5) is 0. The van der Waals surface area contributed by atoms with E-state index in [1.807, 2.05) is 0 Å². The second-order valence-electron chi connectivity index (χ2n) is 5.41. The first-order chi connectivity index (χ1) is 7.56. The van der Waals surface area contributed by atoms with E-state index in [4.69, 9.17) is 11.6 Å². The third-order valence-electron chi connectivity index (χ3n) is 3.91. The Balaban J connectivity index is 2.09. The van der Waals surface area contributed by atoms with Gasteiger partial charge in [0.25, 0.3) is 0 Å². The maximum Gasteiger partial charge on any atom is 0.0364 e. The predicted molar refractivity (Wildman–Crippen MR) is 71.1 cm³/mol. The van der Waals surface area contributed by atoms with Crippen LogP contribution in [-0.2, 0) is 6.42 Å². The minimum atomic E-state index is 0.399. The standard InChI is InChI=1S/C15H21Cl/c1-10-6-11(2)8-13(7-10)9-14-4-5-15(16)12(14)3/h6-8,12,14-15H,4-5,9H2,1-3H3. The number of benzene rings is 1. The molecule has 3 unspecified atom stereocenters. The van der Waals surface area contributed by atoms with Gasteiger partial charge in [0.2, 0.25) is 0 Å². The lowest BCUT2D eigenvalue weighted by Crippen LogP contribution is -2.13. The summed E-state index contributed by atoms with van der Waals surface area (Å²) < 4.78 is 0. The molecule has 1 saturated carbocycles. The van der Waals surface area contributed by atoms with Gasteiger partial charge in [-0.05, 0) is 50.5 Å². The SMILES string of the molecule is Cc1cc(C)cc(CC2CCC(Cl)C2C)c1. The summed E-state index contributed by atoms with van der Waals surface area (Å²) in [5, 5.41) is 0.399. The monoisotopic (exact) mass is 236 g/mol. The number of hydrogen-bond acceptors (Lipinski definition) is 0. The van der Waals surface area contributed by atoms with Crippen molar-refractivity contribution < 1.29 is 0 Å². The lowest BCUT2D eigenvalue weighted by atomic mass is 9.90. The average molecular weight is 237 g/mol. The van der Waals surface area contributed by atoms with E-state index in [-0.39, 0.29) is 0 Å². The van der Waals surface area contributed by atoms with Crippen molar-refractivity contribution in [3.8, 4) is 0 Å². The van der Waals surface area contributed by atoms with Crippen LogP contribution in [0.3, 0.4) is 0 Å². The van der Waals surface area contributed by atoms with Gasteiger partial charge in [-0.2, -0.15) is 0 Å². The highest BCUT2D eigenvalue weighted by Crippen LogP contribution is 2.37.